The Bertz CT molecular complexity index is 1060. The molecular formula is C19H25F2N5O2S3. The van der Waals surface area contributed by atoms with Crippen LogP contribution in [0.4, 0.5) is 8.78 Å². The number of hydrogen-bond donors (Lipinski definition) is 0. The summed E-state index contributed by atoms with van der Waals surface area (Å²) in [6, 6.07) is 4.94. The van der Waals surface area contributed by atoms with E-state index < -0.39 is 6.43 Å². The summed E-state index contributed by atoms with van der Waals surface area (Å²) in [7, 11) is 0. The molecular weight excluding hydrogens is 464 g/mol. The van der Waals surface area contributed by atoms with Gasteiger partial charge in [0.1, 0.15) is 17.8 Å². The first-order valence-corrected chi connectivity index (χ1v) is 9.40. The standard InChI is InChI=1S/C19H19F2N5O2.3H2S/c1-10-2-7-16(28-10)18(27)25-11-3-5-12(14(25)6-4-11)15-8-13(17(20)21)24-19-22-9-23-26(15)19;;;/h2,7-9,11-12,14,17H,3-6H2,1H3;3*1H2/t11-,12-,14-;;;/m0.../s1. The van der Waals surface area contributed by atoms with Crippen LogP contribution in [0.3, 0.4) is 0 Å². The van der Waals surface area contributed by atoms with Gasteiger partial charge in [0.2, 0.25) is 0 Å². The van der Waals surface area contributed by atoms with Gasteiger partial charge in [-0.05, 0) is 50.8 Å². The monoisotopic (exact) mass is 489 g/mol. The van der Waals surface area contributed by atoms with Crippen molar-refractivity contribution in [2.45, 2.75) is 57.0 Å². The zero-order chi connectivity index (χ0) is 19.4. The molecule has 0 aromatic carbocycles. The highest BCUT2D eigenvalue weighted by Gasteiger charge is 2.47. The van der Waals surface area contributed by atoms with Crippen LogP contribution in [0.1, 0.15) is 65.7 Å². The molecule has 1 amide bonds. The maximum absolute atomic E-state index is 13.4. The average molecular weight is 490 g/mol. The fourth-order valence-electron chi connectivity index (χ4n) is 4.72. The summed E-state index contributed by atoms with van der Waals surface area (Å²) in [6.07, 6.45) is 1.97. The van der Waals surface area contributed by atoms with Gasteiger partial charge < -0.3 is 9.32 Å². The van der Waals surface area contributed by atoms with E-state index in [1.165, 1.54) is 16.9 Å². The van der Waals surface area contributed by atoms with Crippen LogP contribution in [-0.4, -0.2) is 42.5 Å². The quantitative estimate of drug-likeness (QED) is 0.559. The molecule has 3 aromatic heterocycles. The van der Waals surface area contributed by atoms with E-state index in [9.17, 15) is 13.6 Å². The molecule has 2 saturated heterocycles. The van der Waals surface area contributed by atoms with Crippen LogP contribution in [-0.2, 0) is 0 Å². The molecule has 5 rings (SSSR count). The topological polar surface area (TPSA) is 76.5 Å². The van der Waals surface area contributed by atoms with Crippen LogP contribution in [0.2, 0.25) is 0 Å². The third-order valence-corrected chi connectivity index (χ3v) is 5.91. The Labute approximate surface area is 198 Å². The number of hydrogen-bond acceptors (Lipinski definition) is 5. The highest BCUT2D eigenvalue weighted by Crippen LogP contribution is 2.45. The zero-order valence-electron chi connectivity index (χ0n) is 16.8. The minimum absolute atomic E-state index is 0. The lowest BCUT2D eigenvalue weighted by molar-refractivity contribution is 0.0520. The normalized spacial score (nSPS) is 22.1. The molecule has 0 aliphatic carbocycles. The minimum Gasteiger partial charge on any atom is -0.456 e. The fraction of sp³-hybridized carbons (Fsp3) is 0.474. The molecule has 0 saturated carbocycles. The lowest BCUT2D eigenvalue weighted by Gasteiger charge is -2.39. The summed E-state index contributed by atoms with van der Waals surface area (Å²) in [4.78, 5) is 22.9. The van der Waals surface area contributed by atoms with E-state index in [1.54, 1.807) is 19.1 Å². The molecule has 3 atom stereocenters. The van der Waals surface area contributed by atoms with Crippen molar-refractivity contribution in [3.63, 3.8) is 0 Å². The first-order chi connectivity index (χ1) is 13.5. The van der Waals surface area contributed by atoms with Crippen LogP contribution in [0, 0.1) is 6.92 Å². The van der Waals surface area contributed by atoms with Crippen molar-refractivity contribution in [2.75, 3.05) is 0 Å². The number of carbonyl (C=O) groups excluding carboxylic acids is 1. The summed E-state index contributed by atoms with van der Waals surface area (Å²) < 4.78 is 33.8. The van der Waals surface area contributed by atoms with E-state index in [2.05, 4.69) is 15.1 Å². The van der Waals surface area contributed by atoms with Crippen molar-refractivity contribution in [3.05, 3.63) is 47.4 Å². The Hall–Kier alpha value is -1.79. The number of carbonyl (C=O) groups is 1. The number of amides is 1. The summed E-state index contributed by atoms with van der Waals surface area (Å²) in [5.74, 6) is 0.924. The molecule has 2 aliphatic heterocycles. The summed E-state index contributed by atoms with van der Waals surface area (Å²) in [5.41, 5.74) is 0.326. The highest BCUT2D eigenvalue weighted by atomic mass is 32.1. The number of fused-ring (bicyclic) bond motifs is 3. The molecule has 5 heterocycles. The molecule has 2 bridgehead atoms. The van der Waals surface area contributed by atoms with Gasteiger partial charge in [-0.15, -0.1) is 0 Å². The zero-order valence-corrected chi connectivity index (χ0v) is 19.8. The third-order valence-electron chi connectivity index (χ3n) is 5.91. The molecule has 7 nitrogen and oxygen atoms in total. The van der Waals surface area contributed by atoms with Gasteiger partial charge in [-0.25, -0.2) is 18.3 Å². The number of halogens is 2. The number of nitrogens with zero attached hydrogens (tertiary/aromatic N) is 5. The van der Waals surface area contributed by atoms with Crippen LogP contribution in [0.5, 0.6) is 0 Å². The second-order valence-electron chi connectivity index (χ2n) is 7.48. The smallest absolute Gasteiger partial charge is 0.290 e. The molecule has 3 aromatic rings. The van der Waals surface area contributed by atoms with Gasteiger partial charge in [0.15, 0.2) is 5.76 Å². The largest absolute Gasteiger partial charge is 0.456 e. The Morgan fingerprint density at radius 1 is 1.16 bits per heavy atom. The van der Waals surface area contributed by atoms with Crippen molar-refractivity contribution in [1.29, 1.82) is 0 Å². The van der Waals surface area contributed by atoms with Gasteiger partial charge in [-0.2, -0.15) is 50.6 Å². The van der Waals surface area contributed by atoms with E-state index in [-0.39, 0.29) is 75.9 Å². The lowest BCUT2D eigenvalue weighted by Crippen LogP contribution is -2.47. The molecule has 0 radical (unpaired) electrons. The van der Waals surface area contributed by atoms with Gasteiger partial charge in [0.25, 0.3) is 18.1 Å². The first-order valence-electron chi connectivity index (χ1n) is 9.40. The van der Waals surface area contributed by atoms with Gasteiger partial charge in [0, 0.05) is 18.0 Å². The molecule has 0 unspecified atom stereocenters. The number of rotatable bonds is 3. The van der Waals surface area contributed by atoms with Crippen molar-refractivity contribution in [2.24, 2.45) is 0 Å². The predicted octanol–water partition coefficient (Wildman–Crippen LogP) is 3.85. The predicted molar refractivity (Wildman–Crippen MR) is 125 cm³/mol. The summed E-state index contributed by atoms with van der Waals surface area (Å²) in [5, 5.41) is 4.18. The maximum Gasteiger partial charge on any atom is 0.290 e. The Balaban J connectivity index is 0.00000114. The number of piperidine rings is 1. The van der Waals surface area contributed by atoms with Crippen molar-refractivity contribution in [1.82, 2.24) is 24.5 Å². The minimum atomic E-state index is -2.69. The SMILES string of the molecule is Cc1ccc(C(=O)N2[C@H]3CC[C@H](c4cc(C(F)F)nc5ncnn45)[C@@H]2CC3)o1.S.S.S. The second-order valence-corrected chi connectivity index (χ2v) is 7.48. The fourth-order valence-corrected chi connectivity index (χ4v) is 4.72. The summed E-state index contributed by atoms with van der Waals surface area (Å²) >= 11 is 0. The molecule has 31 heavy (non-hydrogen) atoms. The van der Waals surface area contributed by atoms with Crippen LogP contribution in [0.25, 0.3) is 5.78 Å². The highest BCUT2D eigenvalue weighted by molar-refractivity contribution is 7.59. The average Bonchev–Trinajstić information content (AvgIpc) is 3.39. The van der Waals surface area contributed by atoms with Crippen LogP contribution < -0.4 is 0 Å². The van der Waals surface area contributed by atoms with E-state index >= 15 is 0 Å². The molecule has 0 N–H and O–H groups in total. The third kappa shape index (κ3) is 4.29. The van der Waals surface area contributed by atoms with Crippen LogP contribution >= 0.6 is 40.5 Å². The van der Waals surface area contributed by atoms with E-state index in [0.29, 0.717) is 17.2 Å². The maximum atomic E-state index is 13.4. The molecule has 2 fully saturated rings. The van der Waals surface area contributed by atoms with Crippen molar-refractivity contribution < 1.29 is 18.0 Å². The molecule has 2 aliphatic rings. The Morgan fingerprint density at radius 2 is 1.90 bits per heavy atom. The summed E-state index contributed by atoms with van der Waals surface area (Å²) in [6.45, 7) is 1.80. The molecule has 0 spiro atoms. The Kier molecular flexibility index (Phi) is 8.04. The van der Waals surface area contributed by atoms with Crippen molar-refractivity contribution >= 4 is 52.2 Å². The first kappa shape index (κ1) is 25.5. The molecule has 12 heteroatoms. The van der Waals surface area contributed by atoms with Gasteiger partial charge >= 0.3 is 0 Å². The van der Waals surface area contributed by atoms with E-state index in [4.69, 9.17) is 4.42 Å². The van der Waals surface area contributed by atoms with Gasteiger partial charge in [-0.3, -0.25) is 4.79 Å². The number of aryl methyl sites for hydroxylation is 1. The number of furan rings is 1. The van der Waals surface area contributed by atoms with Gasteiger partial charge in [0.05, 0.1) is 5.69 Å². The van der Waals surface area contributed by atoms with Crippen LogP contribution in [0.15, 0.2) is 28.9 Å². The number of alkyl halides is 2. The molecule has 170 valence electrons. The van der Waals surface area contributed by atoms with Crippen molar-refractivity contribution in [3.8, 4) is 0 Å². The van der Waals surface area contributed by atoms with E-state index in [0.717, 1.165) is 25.7 Å². The second kappa shape index (κ2) is 9.78. The van der Waals surface area contributed by atoms with Gasteiger partial charge in [-0.1, -0.05) is 0 Å². The number of aromatic nitrogens is 4. The van der Waals surface area contributed by atoms with E-state index in [1.807, 2.05) is 4.90 Å². The Morgan fingerprint density at radius 3 is 2.58 bits per heavy atom. The lowest BCUT2D eigenvalue weighted by atomic mass is 9.86.